The van der Waals surface area contributed by atoms with Crippen molar-refractivity contribution in [2.75, 3.05) is 6.54 Å². The van der Waals surface area contributed by atoms with E-state index in [4.69, 9.17) is 23.2 Å². The average Bonchev–Trinajstić information content (AvgIpc) is 2.99. The van der Waals surface area contributed by atoms with Crippen LogP contribution in [-0.4, -0.2) is 37.3 Å². The molecule has 1 amide bonds. The minimum absolute atomic E-state index is 0.0739. The van der Waals surface area contributed by atoms with Crippen LogP contribution in [0.4, 0.5) is 0 Å². The molecule has 1 aliphatic heterocycles. The van der Waals surface area contributed by atoms with E-state index >= 15 is 0 Å². The van der Waals surface area contributed by atoms with Gasteiger partial charge in [-0.25, -0.2) is 9.97 Å². The Kier molecular flexibility index (Phi) is 3.66. The number of nitrogens with one attached hydrogen (secondary N) is 1. The first kappa shape index (κ1) is 15.4. The summed E-state index contributed by atoms with van der Waals surface area (Å²) in [6.07, 6.45) is 2.50. The second-order valence-electron chi connectivity index (χ2n) is 5.67. The van der Waals surface area contributed by atoms with Crippen LogP contribution < -0.4 is 0 Å². The summed E-state index contributed by atoms with van der Waals surface area (Å²) in [7, 11) is 0. The lowest BCUT2D eigenvalue weighted by atomic mass is 9.98. The SMILES string of the molecule is C[C@@H]1c2cccnc2CCN1C(=O)c1nc2nc(Cl)cc(Cl)c2[nH]1. The number of aromatic nitrogens is 4. The highest BCUT2D eigenvalue weighted by atomic mass is 35.5. The van der Waals surface area contributed by atoms with E-state index in [2.05, 4.69) is 19.9 Å². The Bertz CT molecular complexity index is 955. The van der Waals surface area contributed by atoms with Crippen molar-refractivity contribution >= 4 is 40.3 Å². The highest BCUT2D eigenvalue weighted by molar-refractivity contribution is 6.37. The Morgan fingerprint density at radius 1 is 1.38 bits per heavy atom. The number of fused-ring (bicyclic) bond motifs is 2. The monoisotopic (exact) mass is 361 g/mol. The number of amides is 1. The van der Waals surface area contributed by atoms with Gasteiger partial charge in [0.05, 0.1) is 11.1 Å². The highest BCUT2D eigenvalue weighted by Crippen LogP contribution is 2.30. The number of hydrogen-bond donors (Lipinski definition) is 1. The zero-order valence-electron chi connectivity index (χ0n) is 12.8. The third kappa shape index (κ3) is 2.42. The molecule has 0 saturated heterocycles. The fourth-order valence-electron chi connectivity index (χ4n) is 3.06. The minimum Gasteiger partial charge on any atom is -0.331 e. The van der Waals surface area contributed by atoms with Crippen molar-refractivity contribution in [3.63, 3.8) is 0 Å². The summed E-state index contributed by atoms with van der Waals surface area (Å²) >= 11 is 12.0. The van der Waals surface area contributed by atoms with Crippen LogP contribution in [0.15, 0.2) is 24.4 Å². The molecule has 8 heteroatoms. The van der Waals surface area contributed by atoms with Crippen molar-refractivity contribution in [3.8, 4) is 0 Å². The van der Waals surface area contributed by atoms with Crippen LogP contribution in [0.5, 0.6) is 0 Å². The van der Waals surface area contributed by atoms with Gasteiger partial charge in [-0.2, -0.15) is 0 Å². The van der Waals surface area contributed by atoms with Crippen LogP contribution in [-0.2, 0) is 6.42 Å². The third-order valence-corrected chi connectivity index (χ3v) is 4.77. The Morgan fingerprint density at radius 3 is 3.04 bits per heavy atom. The summed E-state index contributed by atoms with van der Waals surface area (Å²) in [4.78, 5) is 30.4. The van der Waals surface area contributed by atoms with Crippen molar-refractivity contribution in [1.29, 1.82) is 0 Å². The first-order chi connectivity index (χ1) is 11.5. The minimum atomic E-state index is -0.192. The quantitative estimate of drug-likeness (QED) is 0.673. The van der Waals surface area contributed by atoms with Gasteiger partial charge in [-0.1, -0.05) is 29.3 Å². The van der Waals surface area contributed by atoms with Crippen LogP contribution in [0.3, 0.4) is 0 Å². The summed E-state index contributed by atoms with van der Waals surface area (Å²) in [5, 5.41) is 0.627. The van der Waals surface area contributed by atoms with Crippen LogP contribution in [0.1, 0.15) is 34.8 Å². The topological polar surface area (TPSA) is 74.8 Å². The maximum atomic E-state index is 12.9. The van der Waals surface area contributed by atoms with Crippen molar-refractivity contribution < 1.29 is 4.79 Å². The van der Waals surface area contributed by atoms with E-state index in [9.17, 15) is 4.79 Å². The van der Waals surface area contributed by atoms with Crippen molar-refractivity contribution in [2.24, 2.45) is 0 Å². The molecule has 0 bridgehead atoms. The first-order valence-electron chi connectivity index (χ1n) is 7.51. The zero-order valence-corrected chi connectivity index (χ0v) is 14.3. The number of aromatic amines is 1. The molecule has 24 heavy (non-hydrogen) atoms. The van der Waals surface area contributed by atoms with Crippen molar-refractivity contribution in [3.05, 3.63) is 51.7 Å². The molecule has 1 atom stereocenters. The maximum absolute atomic E-state index is 12.9. The van der Waals surface area contributed by atoms with Crippen LogP contribution >= 0.6 is 23.2 Å². The summed E-state index contributed by atoms with van der Waals surface area (Å²) in [5.41, 5.74) is 2.95. The summed E-state index contributed by atoms with van der Waals surface area (Å²) in [6, 6.07) is 5.33. The maximum Gasteiger partial charge on any atom is 0.290 e. The van der Waals surface area contributed by atoms with Crippen molar-refractivity contribution in [1.82, 2.24) is 24.8 Å². The lowest BCUT2D eigenvalue weighted by Crippen LogP contribution is -2.39. The number of nitrogens with zero attached hydrogens (tertiary/aromatic N) is 4. The van der Waals surface area contributed by atoms with Gasteiger partial charge < -0.3 is 9.88 Å². The van der Waals surface area contributed by atoms with E-state index in [0.717, 1.165) is 17.7 Å². The smallest absolute Gasteiger partial charge is 0.290 e. The van der Waals surface area contributed by atoms with Gasteiger partial charge in [0.2, 0.25) is 0 Å². The molecule has 0 aromatic carbocycles. The molecule has 0 saturated carbocycles. The number of carbonyl (C=O) groups is 1. The van der Waals surface area contributed by atoms with Crippen LogP contribution in [0.2, 0.25) is 10.2 Å². The first-order valence-corrected chi connectivity index (χ1v) is 8.26. The second kappa shape index (κ2) is 5.72. The van der Waals surface area contributed by atoms with Gasteiger partial charge >= 0.3 is 0 Å². The van der Waals surface area contributed by atoms with Crippen molar-refractivity contribution in [2.45, 2.75) is 19.4 Å². The van der Waals surface area contributed by atoms with E-state index < -0.39 is 0 Å². The number of carbonyl (C=O) groups excluding carboxylic acids is 1. The number of H-pyrrole nitrogens is 1. The Labute approximate surface area is 147 Å². The van der Waals surface area contributed by atoms with E-state index in [0.29, 0.717) is 22.7 Å². The molecule has 1 N–H and O–H groups in total. The zero-order chi connectivity index (χ0) is 16.8. The van der Waals surface area contributed by atoms with Crippen LogP contribution in [0.25, 0.3) is 11.2 Å². The normalized spacial score (nSPS) is 17.1. The Balaban J connectivity index is 1.71. The molecule has 1 aliphatic rings. The third-order valence-electron chi connectivity index (χ3n) is 4.28. The van der Waals surface area contributed by atoms with E-state index in [1.54, 1.807) is 11.1 Å². The van der Waals surface area contributed by atoms with Crippen LogP contribution in [0, 0.1) is 0 Å². The van der Waals surface area contributed by atoms with Gasteiger partial charge in [-0.15, -0.1) is 0 Å². The molecule has 4 heterocycles. The van der Waals surface area contributed by atoms with E-state index in [-0.39, 0.29) is 22.9 Å². The summed E-state index contributed by atoms with van der Waals surface area (Å²) in [6.45, 7) is 2.57. The van der Waals surface area contributed by atoms with E-state index in [1.165, 1.54) is 6.07 Å². The molecule has 0 radical (unpaired) electrons. The molecule has 122 valence electrons. The predicted octanol–water partition coefficient (Wildman–Crippen LogP) is 3.42. The Hall–Kier alpha value is -2.18. The molecule has 3 aromatic heterocycles. The number of halogens is 2. The van der Waals surface area contributed by atoms with Gasteiger partial charge in [0.1, 0.15) is 10.7 Å². The molecular weight excluding hydrogens is 349 g/mol. The fourth-order valence-corrected chi connectivity index (χ4v) is 3.54. The molecule has 0 aliphatic carbocycles. The van der Waals surface area contributed by atoms with Gasteiger partial charge in [0, 0.05) is 24.9 Å². The highest BCUT2D eigenvalue weighted by Gasteiger charge is 2.30. The molecule has 0 spiro atoms. The van der Waals surface area contributed by atoms with Gasteiger partial charge in [0.15, 0.2) is 11.5 Å². The number of imidazole rings is 1. The average molecular weight is 362 g/mol. The Morgan fingerprint density at radius 2 is 2.21 bits per heavy atom. The second-order valence-corrected chi connectivity index (χ2v) is 6.47. The lowest BCUT2D eigenvalue weighted by Gasteiger charge is -2.34. The molecular formula is C16H13Cl2N5O. The van der Waals surface area contributed by atoms with E-state index in [1.807, 2.05) is 19.1 Å². The largest absolute Gasteiger partial charge is 0.331 e. The van der Waals surface area contributed by atoms with Gasteiger partial charge in [-0.3, -0.25) is 9.78 Å². The molecule has 0 unspecified atom stereocenters. The summed E-state index contributed by atoms with van der Waals surface area (Å²) in [5.74, 6) is 0.0167. The molecule has 0 fully saturated rings. The standard InChI is InChI=1S/C16H13Cl2N5O/c1-8-9-3-2-5-19-11(9)4-6-23(8)16(24)15-21-13-10(17)7-12(18)20-14(13)22-15/h2-3,5,7-8H,4,6H2,1H3,(H,20,21,22)/t8-/m1/s1. The van der Waals surface area contributed by atoms with Gasteiger partial charge in [-0.05, 0) is 24.6 Å². The predicted molar refractivity (Wildman–Crippen MR) is 91.3 cm³/mol. The molecule has 4 rings (SSSR count). The molecule has 6 nitrogen and oxygen atoms in total. The summed E-state index contributed by atoms with van der Waals surface area (Å²) < 4.78 is 0. The number of rotatable bonds is 1. The van der Waals surface area contributed by atoms with Gasteiger partial charge in [0.25, 0.3) is 5.91 Å². The lowest BCUT2D eigenvalue weighted by molar-refractivity contribution is 0.0665. The number of hydrogen-bond acceptors (Lipinski definition) is 4. The number of pyridine rings is 2. The molecule has 3 aromatic rings. The fraction of sp³-hybridized carbons (Fsp3) is 0.250.